The van der Waals surface area contributed by atoms with Crippen molar-refractivity contribution in [1.82, 2.24) is 10.6 Å². The first-order chi connectivity index (χ1) is 13.0. The Bertz CT molecular complexity index is 887. The summed E-state index contributed by atoms with van der Waals surface area (Å²) in [6.07, 6.45) is 2.41. The maximum Gasteiger partial charge on any atom is 0.291 e. The van der Waals surface area contributed by atoms with Crippen LogP contribution in [0.4, 0.5) is 0 Å². The first-order valence-corrected chi connectivity index (χ1v) is 7.97. The molecule has 2 amide bonds. The van der Waals surface area contributed by atoms with Gasteiger partial charge in [-0.05, 0) is 35.9 Å². The number of carboxylic acid groups (broad SMARTS) is 1. The summed E-state index contributed by atoms with van der Waals surface area (Å²) < 4.78 is 15.5. The molecule has 9 nitrogen and oxygen atoms in total. The van der Waals surface area contributed by atoms with E-state index in [9.17, 15) is 19.5 Å². The number of amides is 2. The van der Waals surface area contributed by atoms with E-state index in [0.29, 0.717) is 17.1 Å². The van der Waals surface area contributed by atoms with Crippen molar-refractivity contribution in [2.24, 2.45) is 0 Å². The zero-order valence-corrected chi connectivity index (χ0v) is 14.0. The molecule has 0 spiro atoms. The van der Waals surface area contributed by atoms with E-state index in [1.807, 2.05) is 0 Å². The summed E-state index contributed by atoms with van der Waals surface area (Å²) in [5.74, 6) is -1.47. The van der Waals surface area contributed by atoms with Crippen LogP contribution in [0.5, 0.6) is 11.5 Å². The third-order valence-corrected chi connectivity index (χ3v) is 3.56. The molecule has 140 valence electrons. The number of benzene rings is 1. The Labute approximate surface area is 153 Å². The molecule has 0 unspecified atom stereocenters. The highest BCUT2D eigenvalue weighted by molar-refractivity contribution is 6.04. The van der Waals surface area contributed by atoms with Crippen molar-refractivity contribution in [3.05, 3.63) is 53.6 Å². The molecule has 1 aromatic carbocycles. The van der Waals surface area contributed by atoms with Crippen LogP contribution in [-0.2, 0) is 9.59 Å². The Morgan fingerprint density at radius 1 is 1.15 bits per heavy atom. The number of nitrogens with one attached hydrogen (secondary N) is 2. The van der Waals surface area contributed by atoms with E-state index >= 15 is 0 Å². The third-order valence-electron chi connectivity index (χ3n) is 3.56. The molecule has 2 heterocycles. The maximum absolute atomic E-state index is 12.4. The number of carbonyl (C=O) groups is 3. The lowest BCUT2D eigenvalue weighted by Gasteiger charge is -2.11. The summed E-state index contributed by atoms with van der Waals surface area (Å²) in [4.78, 5) is 35.1. The molecule has 2 aromatic rings. The summed E-state index contributed by atoms with van der Waals surface area (Å²) >= 11 is 0. The number of rotatable bonds is 7. The van der Waals surface area contributed by atoms with Gasteiger partial charge in [0.1, 0.15) is 5.70 Å². The van der Waals surface area contributed by atoms with E-state index < -0.39 is 17.8 Å². The number of ether oxygens (including phenoxy) is 2. The van der Waals surface area contributed by atoms with Gasteiger partial charge in [0.2, 0.25) is 6.79 Å². The Hall–Kier alpha value is -3.75. The highest BCUT2D eigenvalue weighted by Crippen LogP contribution is 2.33. The fraction of sp³-hybridized carbons (Fsp3) is 0.167. The first-order valence-electron chi connectivity index (χ1n) is 7.97. The average Bonchev–Trinajstić information content (AvgIpc) is 3.32. The Morgan fingerprint density at radius 2 is 1.96 bits per heavy atom. The van der Waals surface area contributed by atoms with Crippen LogP contribution in [0.25, 0.3) is 6.08 Å². The van der Waals surface area contributed by atoms with E-state index in [-0.39, 0.29) is 31.2 Å². The highest BCUT2D eigenvalue weighted by atomic mass is 16.7. The molecule has 1 aromatic heterocycles. The minimum Gasteiger partial charge on any atom is -0.550 e. The van der Waals surface area contributed by atoms with Crippen LogP contribution < -0.4 is 25.2 Å². The lowest BCUT2D eigenvalue weighted by atomic mass is 10.1. The summed E-state index contributed by atoms with van der Waals surface area (Å²) in [6, 6.07) is 7.99. The van der Waals surface area contributed by atoms with Gasteiger partial charge < -0.3 is 34.4 Å². The zero-order chi connectivity index (χ0) is 19.2. The minimum absolute atomic E-state index is 0.0223. The van der Waals surface area contributed by atoms with Crippen molar-refractivity contribution in [3.8, 4) is 11.5 Å². The predicted octanol–water partition coefficient (Wildman–Crippen LogP) is 0.0354. The normalized spacial score (nSPS) is 12.5. The van der Waals surface area contributed by atoms with Crippen molar-refractivity contribution in [3.63, 3.8) is 0 Å². The van der Waals surface area contributed by atoms with Crippen molar-refractivity contribution in [2.45, 2.75) is 6.42 Å². The number of hydrogen-bond donors (Lipinski definition) is 2. The van der Waals surface area contributed by atoms with E-state index in [0.717, 1.165) is 0 Å². The van der Waals surface area contributed by atoms with Gasteiger partial charge in [-0.25, -0.2) is 0 Å². The van der Waals surface area contributed by atoms with Gasteiger partial charge in [-0.3, -0.25) is 9.59 Å². The molecule has 0 bridgehead atoms. The number of fused-ring (bicyclic) bond motifs is 1. The second-order valence-electron chi connectivity index (χ2n) is 5.48. The molecule has 0 saturated heterocycles. The van der Waals surface area contributed by atoms with Crippen LogP contribution in [0, 0.1) is 0 Å². The van der Waals surface area contributed by atoms with Gasteiger partial charge in [0, 0.05) is 18.9 Å². The van der Waals surface area contributed by atoms with Crippen LogP contribution >= 0.6 is 0 Å². The second kappa shape index (κ2) is 8.09. The third kappa shape index (κ3) is 4.66. The number of hydrogen-bond acceptors (Lipinski definition) is 7. The fourth-order valence-corrected chi connectivity index (χ4v) is 2.29. The molecular formula is C18H15N2O7-. The lowest BCUT2D eigenvalue weighted by molar-refractivity contribution is -0.305. The fourth-order valence-electron chi connectivity index (χ4n) is 2.29. The Balaban J connectivity index is 1.80. The van der Waals surface area contributed by atoms with E-state index in [1.54, 1.807) is 18.2 Å². The Kier molecular flexibility index (Phi) is 5.41. The summed E-state index contributed by atoms with van der Waals surface area (Å²) in [7, 11) is 0. The molecule has 0 radical (unpaired) electrons. The van der Waals surface area contributed by atoms with Gasteiger partial charge in [-0.15, -0.1) is 0 Å². The number of carbonyl (C=O) groups excluding carboxylic acids is 3. The SMILES string of the molecule is O=C([O-])CCNC(=O)/C(=C\c1ccc2c(c1)OCO2)NC(=O)c1ccco1. The minimum atomic E-state index is -1.30. The van der Waals surface area contributed by atoms with Crippen LogP contribution in [0.3, 0.4) is 0 Å². The topological polar surface area (TPSA) is 130 Å². The molecule has 0 atom stereocenters. The Morgan fingerprint density at radius 3 is 2.70 bits per heavy atom. The van der Waals surface area contributed by atoms with Gasteiger partial charge in [-0.2, -0.15) is 0 Å². The quantitative estimate of drug-likeness (QED) is 0.657. The van der Waals surface area contributed by atoms with Crippen LogP contribution in [0.2, 0.25) is 0 Å². The monoisotopic (exact) mass is 371 g/mol. The smallest absolute Gasteiger partial charge is 0.291 e. The molecule has 2 N–H and O–H groups in total. The zero-order valence-electron chi connectivity index (χ0n) is 14.0. The van der Waals surface area contributed by atoms with Gasteiger partial charge >= 0.3 is 0 Å². The second-order valence-corrected chi connectivity index (χ2v) is 5.48. The molecule has 3 rings (SSSR count). The molecule has 1 aliphatic heterocycles. The van der Waals surface area contributed by atoms with Gasteiger partial charge in [0.05, 0.1) is 6.26 Å². The maximum atomic E-state index is 12.4. The van der Waals surface area contributed by atoms with Crippen molar-refractivity contribution < 1.29 is 33.4 Å². The average molecular weight is 371 g/mol. The molecule has 9 heteroatoms. The molecule has 1 aliphatic rings. The highest BCUT2D eigenvalue weighted by Gasteiger charge is 2.17. The molecule has 0 aliphatic carbocycles. The van der Waals surface area contributed by atoms with Crippen molar-refractivity contribution in [2.75, 3.05) is 13.3 Å². The first kappa shape index (κ1) is 18.1. The molecule has 0 fully saturated rings. The standard InChI is InChI=1S/C18H16N2O7/c21-16(22)5-6-19-17(23)12(20-18(24)14-2-1-7-25-14)8-11-3-4-13-15(9-11)27-10-26-13/h1-4,7-9H,5-6,10H2,(H,19,23)(H,20,24)(H,21,22)/p-1/b12-8+. The van der Waals surface area contributed by atoms with Crippen LogP contribution in [0.1, 0.15) is 22.5 Å². The van der Waals surface area contributed by atoms with Gasteiger partial charge in [0.25, 0.3) is 11.8 Å². The lowest BCUT2D eigenvalue weighted by Crippen LogP contribution is -2.37. The van der Waals surface area contributed by atoms with Crippen LogP contribution in [-0.4, -0.2) is 31.1 Å². The van der Waals surface area contributed by atoms with E-state index in [4.69, 9.17) is 13.9 Å². The summed E-state index contributed by atoms with van der Waals surface area (Å²) in [6.45, 7) is -0.0371. The predicted molar refractivity (Wildman–Crippen MR) is 89.3 cm³/mol. The van der Waals surface area contributed by atoms with Gasteiger partial charge in [0.15, 0.2) is 17.3 Å². The van der Waals surface area contributed by atoms with Gasteiger partial charge in [-0.1, -0.05) is 6.07 Å². The van der Waals surface area contributed by atoms with Crippen LogP contribution in [0.15, 0.2) is 46.7 Å². The summed E-state index contributed by atoms with van der Waals surface area (Å²) in [5.41, 5.74) is 0.484. The van der Waals surface area contributed by atoms with Crippen molar-refractivity contribution in [1.29, 1.82) is 0 Å². The largest absolute Gasteiger partial charge is 0.550 e. The number of aliphatic carboxylic acids is 1. The number of carboxylic acids is 1. The molecule has 27 heavy (non-hydrogen) atoms. The van der Waals surface area contributed by atoms with E-state index in [1.165, 1.54) is 24.5 Å². The molecule has 0 saturated carbocycles. The molecular weight excluding hydrogens is 356 g/mol. The summed E-state index contributed by atoms with van der Waals surface area (Å²) in [5, 5.41) is 15.4. The van der Waals surface area contributed by atoms with E-state index in [2.05, 4.69) is 10.6 Å². The van der Waals surface area contributed by atoms with Crippen molar-refractivity contribution >= 4 is 23.9 Å². The number of furan rings is 1.